The maximum absolute atomic E-state index is 9.32. The summed E-state index contributed by atoms with van der Waals surface area (Å²) in [5.74, 6) is 0. The van der Waals surface area contributed by atoms with Crippen molar-refractivity contribution in [2.75, 3.05) is 0 Å². The van der Waals surface area contributed by atoms with E-state index in [1.807, 2.05) is 36.5 Å². The molecule has 4 rings (SSSR count). The maximum Gasteiger partial charge on any atom is 0.222 e. The van der Waals surface area contributed by atoms with Gasteiger partial charge in [0.15, 0.2) is 0 Å². The van der Waals surface area contributed by atoms with E-state index in [1.54, 1.807) is 35.4 Å². The number of hydrogen-bond donors (Lipinski definition) is 0. The van der Waals surface area contributed by atoms with Crippen LogP contribution in [0.3, 0.4) is 0 Å². The van der Waals surface area contributed by atoms with E-state index in [9.17, 15) is 5.26 Å². The Bertz CT molecular complexity index is 1130. The van der Waals surface area contributed by atoms with E-state index in [1.165, 1.54) is 0 Å². The third-order valence-electron chi connectivity index (χ3n) is 4.07. The molecule has 0 unspecified atom stereocenters. The van der Waals surface area contributed by atoms with Crippen LogP contribution in [0.25, 0.3) is 22.5 Å². The van der Waals surface area contributed by atoms with Crippen molar-refractivity contribution < 1.29 is 0 Å². The molecule has 0 fully saturated rings. The SMILES string of the molecule is N#Cc1ccccc1Cn1cc(-c2ccnc(Cl)n2)c(-c2cccnc2)n1. The molecule has 0 saturated carbocycles. The average molecular weight is 373 g/mol. The molecule has 27 heavy (non-hydrogen) atoms. The first kappa shape index (κ1) is 16.9. The minimum absolute atomic E-state index is 0.173. The fraction of sp³-hybridized carbons (Fsp3) is 0.0500. The number of hydrogen-bond acceptors (Lipinski definition) is 5. The molecule has 0 aliphatic rings. The Kier molecular flexibility index (Phi) is 4.60. The highest BCUT2D eigenvalue weighted by molar-refractivity contribution is 6.28. The van der Waals surface area contributed by atoms with Crippen molar-refractivity contribution in [1.82, 2.24) is 24.7 Å². The van der Waals surface area contributed by atoms with Gasteiger partial charge in [-0.3, -0.25) is 9.67 Å². The molecular weight excluding hydrogens is 360 g/mol. The summed E-state index contributed by atoms with van der Waals surface area (Å²) < 4.78 is 1.80. The first-order valence-corrected chi connectivity index (χ1v) is 8.57. The highest BCUT2D eigenvalue weighted by atomic mass is 35.5. The smallest absolute Gasteiger partial charge is 0.222 e. The van der Waals surface area contributed by atoms with Crippen molar-refractivity contribution in [3.63, 3.8) is 0 Å². The van der Waals surface area contributed by atoms with Crippen LogP contribution in [-0.2, 0) is 6.54 Å². The van der Waals surface area contributed by atoms with Gasteiger partial charge in [-0.2, -0.15) is 10.4 Å². The Morgan fingerprint density at radius 3 is 2.74 bits per heavy atom. The molecule has 4 aromatic rings. The lowest BCUT2D eigenvalue weighted by atomic mass is 10.1. The zero-order chi connectivity index (χ0) is 18.6. The molecule has 1 aromatic carbocycles. The number of nitriles is 1. The van der Waals surface area contributed by atoms with Gasteiger partial charge in [0.2, 0.25) is 5.28 Å². The number of nitrogens with zero attached hydrogens (tertiary/aromatic N) is 6. The second-order valence-electron chi connectivity index (χ2n) is 5.81. The van der Waals surface area contributed by atoms with Crippen LogP contribution in [0.4, 0.5) is 0 Å². The van der Waals surface area contributed by atoms with E-state index in [0.29, 0.717) is 17.8 Å². The van der Waals surface area contributed by atoms with Gasteiger partial charge in [0, 0.05) is 35.9 Å². The summed E-state index contributed by atoms with van der Waals surface area (Å²) in [7, 11) is 0. The van der Waals surface area contributed by atoms with Gasteiger partial charge in [0.25, 0.3) is 0 Å². The second kappa shape index (κ2) is 7.36. The lowest BCUT2D eigenvalue weighted by Crippen LogP contribution is -2.02. The molecule has 3 aromatic heterocycles. The van der Waals surface area contributed by atoms with Crippen LogP contribution in [-0.4, -0.2) is 24.7 Å². The van der Waals surface area contributed by atoms with E-state index < -0.39 is 0 Å². The van der Waals surface area contributed by atoms with Crippen LogP contribution in [0.2, 0.25) is 5.28 Å². The molecule has 0 saturated heterocycles. The molecule has 130 valence electrons. The van der Waals surface area contributed by atoms with Crippen molar-refractivity contribution in [3.05, 3.63) is 83.7 Å². The lowest BCUT2D eigenvalue weighted by molar-refractivity contribution is 0.688. The molecule has 0 radical (unpaired) electrons. The summed E-state index contributed by atoms with van der Waals surface area (Å²) >= 11 is 5.97. The fourth-order valence-electron chi connectivity index (χ4n) is 2.83. The Morgan fingerprint density at radius 2 is 1.96 bits per heavy atom. The molecule has 0 N–H and O–H groups in total. The van der Waals surface area contributed by atoms with Gasteiger partial charge in [0.05, 0.1) is 23.9 Å². The monoisotopic (exact) mass is 372 g/mol. The molecule has 7 heteroatoms. The molecule has 0 bridgehead atoms. The van der Waals surface area contributed by atoms with Crippen LogP contribution in [0.1, 0.15) is 11.1 Å². The normalized spacial score (nSPS) is 10.5. The number of benzene rings is 1. The third kappa shape index (κ3) is 3.54. The van der Waals surface area contributed by atoms with Gasteiger partial charge in [-0.1, -0.05) is 18.2 Å². The van der Waals surface area contributed by atoms with Gasteiger partial charge >= 0.3 is 0 Å². The van der Waals surface area contributed by atoms with E-state index >= 15 is 0 Å². The second-order valence-corrected chi connectivity index (χ2v) is 6.15. The average Bonchev–Trinajstić information content (AvgIpc) is 3.13. The van der Waals surface area contributed by atoms with Gasteiger partial charge < -0.3 is 0 Å². The summed E-state index contributed by atoms with van der Waals surface area (Å²) in [4.78, 5) is 12.4. The first-order valence-electron chi connectivity index (χ1n) is 8.19. The summed E-state index contributed by atoms with van der Waals surface area (Å²) in [6.45, 7) is 0.468. The topological polar surface area (TPSA) is 80.3 Å². The molecule has 6 nitrogen and oxygen atoms in total. The molecule has 0 aliphatic carbocycles. The zero-order valence-electron chi connectivity index (χ0n) is 14.1. The molecule has 0 atom stereocenters. The highest BCUT2D eigenvalue weighted by Crippen LogP contribution is 2.30. The Hall–Kier alpha value is -3.56. The molecule has 3 heterocycles. The van der Waals surface area contributed by atoms with E-state index in [2.05, 4.69) is 21.0 Å². The first-order chi connectivity index (χ1) is 13.2. The molecule has 0 spiro atoms. The minimum Gasteiger partial charge on any atom is -0.267 e. The van der Waals surface area contributed by atoms with E-state index in [-0.39, 0.29) is 5.28 Å². The standard InChI is InChI=1S/C20H13ClN6/c21-20-24-9-7-18(25-20)17-13-27(12-16-5-2-1-4-14(16)10-22)26-19(17)15-6-3-8-23-11-15/h1-9,11,13H,12H2. The predicted octanol–water partition coefficient (Wildman–Crippen LogP) is 3.98. The zero-order valence-corrected chi connectivity index (χ0v) is 14.9. The van der Waals surface area contributed by atoms with Crippen molar-refractivity contribution in [2.24, 2.45) is 0 Å². The quantitative estimate of drug-likeness (QED) is 0.506. The van der Waals surface area contributed by atoms with E-state index in [4.69, 9.17) is 16.7 Å². The predicted molar refractivity (Wildman–Crippen MR) is 102 cm³/mol. The highest BCUT2D eigenvalue weighted by Gasteiger charge is 2.16. The number of pyridine rings is 1. The maximum atomic E-state index is 9.32. The van der Waals surface area contributed by atoms with Gasteiger partial charge in [-0.15, -0.1) is 0 Å². The number of aromatic nitrogens is 5. The fourth-order valence-corrected chi connectivity index (χ4v) is 2.98. The molecule has 0 amide bonds. The number of rotatable bonds is 4. The summed E-state index contributed by atoms with van der Waals surface area (Å²) in [5, 5.41) is 14.2. The van der Waals surface area contributed by atoms with Crippen LogP contribution in [0.5, 0.6) is 0 Å². The van der Waals surface area contributed by atoms with Crippen molar-refractivity contribution in [1.29, 1.82) is 5.26 Å². The number of halogens is 1. The largest absolute Gasteiger partial charge is 0.267 e. The summed E-state index contributed by atoms with van der Waals surface area (Å²) in [6.07, 6.45) is 6.97. The Labute approximate surface area is 160 Å². The van der Waals surface area contributed by atoms with Crippen LogP contribution in [0, 0.1) is 11.3 Å². The van der Waals surface area contributed by atoms with Crippen LogP contribution >= 0.6 is 11.6 Å². The van der Waals surface area contributed by atoms with Gasteiger partial charge in [-0.25, -0.2) is 9.97 Å². The van der Waals surface area contributed by atoms with E-state index in [0.717, 1.165) is 22.4 Å². The van der Waals surface area contributed by atoms with Crippen molar-refractivity contribution in [3.8, 4) is 28.6 Å². The van der Waals surface area contributed by atoms with Gasteiger partial charge in [0.1, 0.15) is 5.69 Å². The minimum atomic E-state index is 0.173. The van der Waals surface area contributed by atoms with Gasteiger partial charge in [-0.05, 0) is 41.4 Å². The summed E-state index contributed by atoms with van der Waals surface area (Å²) in [6, 6.07) is 15.3. The molecule has 0 aliphatic heterocycles. The summed E-state index contributed by atoms with van der Waals surface area (Å²) in [5.41, 5.74) is 4.63. The Morgan fingerprint density at radius 1 is 1.07 bits per heavy atom. The van der Waals surface area contributed by atoms with Crippen molar-refractivity contribution >= 4 is 11.6 Å². The van der Waals surface area contributed by atoms with Crippen LogP contribution < -0.4 is 0 Å². The molecular formula is C20H13ClN6. The third-order valence-corrected chi connectivity index (χ3v) is 4.25. The van der Waals surface area contributed by atoms with Crippen LogP contribution in [0.15, 0.2) is 67.3 Å². The lowest BCUT2D eigenvalue weighted by Gasteiger charge is -2.03. The van der Waals surface area contributed by atoms with Crippen molar-refractivity contribution in [2.45, 2.75) is 6.54 Å². The Balaban J connectivity index is 1.82.